The second kappa shape index (κ2) is 3.21. The van der Waals surface area contributed by atoms with Crippen molar-refractivity contribution in [3.05, 3.63) is 0 Å². The highest BCUT2D eigenvalue weighted by Gasteiger charge is 2.49. The molecule has 1 rings (SSSR count). The van der Waals surface area contributed by atoms with Crippen molar-refractivity contribution in [1.29, 1.82) is 0 Å². The van der Waals surface area contributed by atoms with E-state index in [0.717, 1.165) is 0 Å². The van der Waals surface area contributed by atoms with Crippen molar-refractivity contribution in [2.45, 2.75) is 36.8 Å². The summed E-state index contributed by atoms with van der Waals surface area (Å²) in [6, 6.07) is 0. The van der Waals surface area contributed by atoms with Gasteiger partial charge in [-0.25, -0.2) is 8.78 Å². The van der Waals surface area contributed by atoms with Crippen LogP contribution in [-0.4, -0.2) is 57.2 Å². The maximum absolute atomic E-state index is 12.6. The molecule has 1 saturated carbocycles. The van der Waals surface area contributed by atoms with Crippen LogP contribution in [0, 0.1) is 0 Å². The van der Waals surface area contributed by atoms with Gasteiger partial charge in [-0.15, -0.1) is 0 Å². The smallest absolute Gasteiger partial charge is 0.162 e. The van der Waals surface area contributed by atoms with Gasteiger partial charge in [0.05, 0.1) is 0 Å². The molecule has 0 radical (unpaired) electrons. The zero-order chi connectivity index (χ0) is 9.46. The number of aliphatic hydroxyl groups is 4. The van der Waals surface area contributed by atoms with Crippen molar-refractivity contribution in [3.63, 3.8) is 0 Å². The molecule has 0 amide bonds. The Balaban J connectivity index is 2.76. The maximum atomic E-state index is 12.6. The molecule has 0 unspecified atom stereocenters. The molecule has 6 heteroatoms. The van der Waals surface area contributed by atoms with E-state index in [1.54, 1.807) is 0 Å². The van der Waals surface area contributed by atoms with E-state index in [4.69, 9.17) is 20.4 Å². The molecular weight excluding hydrogens is 174 g/mol. The predicted molar refractivity (Wildman–Crippen MR) is 33.8 cm³/mol. The summed E-state index contributed by atoms with van der Waals surface area (Å²) in [4.78, 5) is 0. The van der Waals surface area contributed by atoms with Gasteiger partial charge in [-0.05, 0) is 0 Å². The molecule has 72 valence electrons. The normalized spacial score (nSPS) is 55.5. The molecule has 4 N–H and O–H groups in total. The lowest BCUT2D eigenvalue weighted by Gasteiger charge is -2.36. The average molecular weight is 184 g/mol. The van der Waals surface area contributed by atoms with Crippen LogP contribution in [0.25, 0.3) is 0 Å². The van der Waals surface area contributed by atoms with E-state index >= 15 is 0 Å². The van der Waals surface area contributed by atoms with Crippen molar-refractivity contribution in [2.75, 3.05) is 0 Å². The minimum absolute atomic E-state index is 1.85. The van der Waals surface area contributed by atoms with Gasteiger partial charge in [-0.1, -0.05) is 0 Å². The van der Waals surface area contributed by atoms with E-state index in [2.05, 4.69) is 0 Å². The van der Waals surface area contributed by atoms with Crippen LogP contribution >= 0.6 is 0 Å². The van der Waals surface area contributed by atoms with Crippen LogP contribution in [0.3, 0.4) is 0 Å². The van der Waals surface area contributed by atoms with Crippen molar-refractivity contribution in [1.82, 2.24) is 0 Å². The van der Waals surface area contributed by atoms with Gasteiger partial charge in [0.15, 0.2) is 12.3 Å². The third kappa shape index (κ3) is 1.31. The molecular formula is C6H10F2O4. The first kappa shape index (κ1) is 9.79. The summed E-state index contributed by atoms with van der Waals surface area (Å²) in [6.45, 7) is 0. The predicted octanol–water partition coefficient (Wildman–Crippen LogP) is -1.88. The standard InChI is InChI=1S/C6H10F2O4/c7-1-2(8)4(10)6(12)5(11)3(1)9/h1-6,9-12H/t1-,2-,3+,4+,5-,6-/m0/s1. The topological polar surface area (TPSA) is 80.9 Å². The molecule has 0 aliphatic heterocycles. The highest BCUT2D eigenvalue weighted by atomic mass is 19.2. The minimum atomic E-state index is -2.36. The van der Waals surface area contributed by atoms with Crippen LogP contribution < -0.4 is 0 Å². The lowest BCUT2D eigenvalue weighted by molar-refractivity contribution is -0.190. The largest absolute Gasteiger partial charge is 0.387 e. The van der Waals surface area contributed by atoms with Gasteiger partial charge in [-0.2, -0.15) is 0 Å². The highest BCUT2D eigenvalue weighted by Crippen LogP contribution is 2.25. The van der Waals surface area contributed by atoms with Crippen LogP contribution in [-0.2, 0) is 0 Å². The number of aliphatic hydroxyl groups excluding tert-OH is 4. The van der Waals surface area contributed by atoms with Gasteiger partial charge in [0, 0.05) is 0 Å². The number of rotatable bonds is 0. The molecule has 1 aliphatic rings. The Kier molecular flexibility index (Phi) is 2.62. The van der Waals surface area contributed by atoms with Crippen LogP contribution in [0.2, 0.25) is 0 Å². The fraction of sp³-hybridized carbons (Fsp3) is 1.00. The number of halogens is 2. The van der Waals surface area contributed by atoms with E-state index in [1.165, 1.54) is 0 Å². The Morgan fingerprint density at radius 3 is 1.08 bits per heavy atom. The molecule has 0 heterocycles. The summed E-state index contributed by atoms with van der Waals surface area (Å²) < 4.78 is 25.2. The Bertz CT molecular complexity index is 109. The summed E-state index contributed by atoms with van der Waals surface area (Å²) in [7, 11) is 0. The maximum Gasteiger partial charge on any atom is 0.162 e. The van der Waals surface area contributed by atoms with Crippen LogP contribution in [0.5, 0.6) is 0 Å². The van der Waals surface area contributed by atoms with E-state index in [1.807, 2.05) is 0 Å². The third-order valence-electron chi connectivity index (χ3n) is 2.01. The first-order chi connectivity index (χ1) is 5.46. The summed E-state index contributed by atoms with van der Waals surface area (Å²) in [5.41, 5.74) is 0. The van der Waals surface area contributed by atoms with Gasteiger partial charge < -0.3 is 20.4 Å². The zero-order valence-corrected chi connectivity index (χ0v) is 6.01. The highest BCUT2D eigenvalue weighted by molar-refractivity contribution is 4.98. The van der Waals surface area contributed by atoms with Crippen LogP contribution in [0.15, 0.2) is 0 Å². The number of hydrogen-bond acceptors (Lipinski definition) is 4. The fourth-order valence-corrected chi connectivity index (χ4v) is 1.16. The van der Waals surface area contributed by atoms with Gasteiger partial charge in [0.1, 0.15) is 24.4 Å². The molecule has 0 aromatic rings. The lowest BCUT2D eigenvalue weighted by atomic mass is 9.87. The van der Waals surface area contributed by atoms with Gasteiger partial charge in [-0.3, -0.25) is 0 Å². The summed E-state index contributed by atoms with van der Waals surface area (Å²) >= 11 is 0. The Morgan fingerprint density at radius 1 is 0.583 bits per heavy atom. The van der Waals surface area contributed by atoms with Gasteiger partial charge in [0.2, 0.25) is 0 Å². The van der Waals surface area contributed by atoms with Crippen LogP contribution in [0.4, 0.5) is 8.78 Å². The molecule has 0 saturated heterocycles. The minimum Gasteiger partial charge on any atom is -0.387 e. The second-order valence-electron chi connectivity index (χ2n) is 2.85. The Labute approximate surface area is 67.1 Å². The number of hydrogen-bond donors (Lipinski definition) is 4. The lowest BCUT2D eigenvalue weighted by Crippen LogP contribution is -2.60. The first-order valence-electron chi connectivity index (χ1n) is 3.47. The first-order valence-corrected chi connectivity index (χ1v) is 3.47. The quantitative estimate of drug-likeness (QED) is 0.355. The van der Waals surface area contributed by atoms with Crippen molar-refractivity contribution < 1.29 is 29.2 Å². The van der Waals surface area contributed by atoms with Crippen molar-refractivity contribution >= 4 is 0 Å². The van der Waals surface area contributed by atoms with Gasteiger partial charge in [0.25, 0.3) is 0 Å². The molecule has 0 aromatic heterocycles. The van der Waals surface area contributed by atoms with Gasteiger partial charge >= 0.3 is 0 Å². The number of alkyl halides is 2. The second-order valence-corrected chi connectivity index (χ2v) is 2.85. The molecule has 4 nitrogen and oxygen atoms in total. The van der Waals surface area contributed by atoms with Crippen LogP contribution in [0.1, 0.15) is 0 Å². The summed E-state index contributed by atoms with van der Waals surface area (Å²) in [6.07, 6.45) is -12.4. The monoisotopic (exact) mass is 184 g/mol. The Morgan fingerprint density at radius 2 is 0.833 bits per heavy atom. The van der Waals surface area contributed by atoms with E-state index in [0.29, 0.717) is 0 Å². The van der Waals surface area contributed by atoms with E-state index < -0.39 is 36.8 Å². The third-order valence-corrected chi connectivity index (χ3v) is 2.01. The average Bonchev–Trinajstić information content (AvgIpc) is 2.08. The SMILES string of the molecule is O[C@@H]1[C@@H](O)[C@H](O)[C@@H](F)[C@H](F)[C@H]1O. The van der Waals surface area contributed by atoms with E-state index in [9.17, 15) is 8.78 Å². The van der Waals surface area contributed by atoms with E-state index in [-0.39, 0.29) is 0 Å². The molecule has 1 fully saturated rings. The molecule has 0 spiro atoms. The fourth-order valence-electron chi connectivity index (χ4n) is 1.16. The molecule has 12 heavy (non-hydrogen) atoms. The molecule has 6 atom stereocenters. The zero-order valence-electron chi connectivity index (χ0n) is 6.01. The molecule has 0 aromatic carbocycles. The van der Waals surface area contributed by atoms with Crippen molar-refractivity contribution in [3.8, 4) is 0 Å². The van der Waals surface area contributed by atoms with Crippen molar-refractivity contribution in [2.24, 2.45) is 0 Å². The Hall–Kier alpha value is -0.300. The summed E-state index contributed by atoms with van der Waals surface area (Å²) in [5, 5.41) is 35.2. The summed E-state index contributed by atoms with van der Waals surface area (Å²) in [5.74, 6) is 0. The molecule has 0 bridgehead atoms. The molecule has 1 aliphatic carbocycles.